The Morgan fingerprint density at radius 2 is 1.90 bits per heavy atom. The zero-order valence-electron chi connectivity index (χ0n) is 25.5. The van der Waals surface area contributed by atoms with Crippen molar-refractivity contribution in [2.45, 2.75) is 103 Å². The number of likely N-dealkylation sites (tertiary alicyclic amines) is 1. The van der Waals surface area contributed by atoms with Crippen molar-refractivity contribution < 1.29 is 23.8 Å². The Balaban J connectivity index is 0.000000316. The first-order chi connectivity index (χ1) is 19.6. The van der Waals surface area contributed by atoms with E-state index in [0.29, 0.717) is 25.2 Å². The number of nitrogens with two attached hydrogens (primary N) is 1. The quantitative estimate of drug-likeness (QED) is 0.224. The number of benzene rings is 1. The normalized spacial score (nSPS) is 19.6. The summed E-state index contributed by atoms with van der Waals surface area (Å²) < 4.78 is 19.2. The van der Waals surface area contributed by atoms with Gasteiger partial charge in [-0.15, -0.1) is 0 Å². The van der Waals surface area contributed by atoms with E-state index in [9.17, 15) is 14.0 Å². The number of alkyl halides is 1. The second-order valence-electron chi connectivity index (χ2n) is 11.0. The van der Waals surface area contributed by atoms with Crippen LogP contribution in [0.2, 0.25) is 5.02 Å². The first-order valence-corrected chi connectivity index (χ1v) is 15.3. The van der Waals surface area contributed by atoms with Gasteiger partial charge in [-0.25, -0.2) is 4.39 Å². The summed E-state index contributed by atoms with van der Waals surface area (Å²) in [6, 6.07) is 7.66. The molecule has 0 aromatic heterocycles. The van der Waals surface area contributed by atoms with Gasteiger partial charge < -0.3 is 20.5 Å². The van der Waals surface area contributed by atoms with Gasteiger partial charge >= 0.3 is 0 Å². The number of nitrogens with zero attached hydrogens (tertiary/aromatic N) is 2. The van der Waals surface area contributed by atoms with Crippen molar-refractivity contribution in [3.05, 3.63) is 40.6 Å². The summed E-state index contributed by atoms with van der Waals surface area (Å²) in [7, 11) is 1.97. The molecule has 1 aromatic carbocycles. The minimum absolute atomic E-state index is 0.0251. The van der Waals surface area contributed by atoms with E-state index in [1.165, 1.54) is 19.8 Å². The molecule has 1 aliphatic heterocycles. The minimum atomic E-state index is -1.29. The number of halogens is 2. The largest absolute Gasteiger partial charge is 0.490 e. The number of carbonyl (C=O) groups excluding carboxylic acids is 2. The van der Waals surface area contributed by atoms with Crippen molar-refractivity contribution in [1.29, 1.82) is 0 Å². The molecule has 3 rings (SSSR count). The lowest BCUT2D eigenvalue weighted by molar-refractivity contribution is -0.115. The van der Waals surface area contributed by atoms with Crippen LogP contribution < -0.4 is 10.5 Å². The Morgan fingerprint density at radius 3 is 2.46 bits per heavy atom. The Kier molecular flexibility index (Phi) is 18.4. The average Bonchev–Trinajstić information content (AvgIpc) is 2.97. The Morgan fingerprint density at radius 1 is 1.22 bits per heavy atom. The highest BCUT2D eigenvalue weighted by Gasteiger charge is 2.32. The van der Waals surface area contributed by atoms with Crippen molar-refractivity contribution in [2.75, 3.05) is 33.3 Å². The molecule has 3 N–H and O–H groups in total. The topological polar surface area (TPSA) is 105 Å². The fourth-order valence-corrected chi connectivity index (χ4v) is 4.76. The molecular formula is C32H51ClFN3O4. The van der Waals surface area contributed by atoms with Gasteiger partial charge in [0.2, 0.25) is 0 Å². The zero-order chi connectivity index (χ0) is 30.7. The van der Waals surface area contributed by atoms with E-state index in [1.54, 1.807) is 0 Å². The van der Waals surface area contributed by atoms with Crippen molar-refractivity contribution in [2.24, 2.45) is 10.7 Å². The van der Waals surface area contributed by atoms with Crippen LogP contribution in [0, 0.1) is 0 Å². The highest BCUT2D eigenvalue weighted by molar-refractivity contribution is 6.30. The van der Waals surface area contributed by atoms with Crippen LogP contribution in [0.1, 0.15) is 91.4 Å². The average molecular weight is 596 g/mol. The first-order valence-electron chi connectivity index (χ1n) is 14.9. The third-order valence-electron chi connectivity index (χ3n) is 7.16. The number of carbonyl (C=O) groups is 2. The monoisotopic (exact) mass is 595 g/mol. The Hall–Kier alpha value is -2.29. The molecule has 1 atom stereocenters. The molecule has 7 nitrogen and oxygen atoms in total. The second-order valence-corrected chi connectivity index (χ2v) is 11.4. The van der Waals surface area contributed by atoms with Crippen LogP contribution in [0.3, 0.4) is 0 Å². The van der Waals surface area contributed by atoms with E-state index < -0.39 is 5.67 Å². The molecule has 41 heavy (non-hydrogen) atoms. The van der Waals surface area contributed by atoms with Gasteiger partial charge in [0.05, 0.1) is 25.0 Å². The maximum absolute atomic E-state index is 13.2. The second kappa shape index (κ2) is 20.6. The molecule has 232 valence electrons. The number of allylic oxidation sites excluding steroid dienone is 2. The van der Waals surface area contributed by atoms with Gasteiger partial charge in [-0.1, -0.05) is 50.8 Å². The summed E-state index contributed by atoms with van der Waals surface area (Å²) in [5.74, 6) is 0.916. The summed E-state index contributed by atoms with van der Waals surface area (Å²) in [5.41, 5.74) is 6.23. The molecule has 0 amide bonds. The number of Topliss-reactive ketones (excluding diaryl/α,β-unsaturated/α-hetero) is 1. The SMILES string of the molecule is CC(=O)CN=C1CCCC/C1=C(/N)C=O.CCCCC(CCC)Oc1cccc(Cl)c1.CN1CCC(F)(CO)CC1. The number of aliphatic imine (C=N–C) groups is 1. The standard InChI is InChI=1S/C14H21ClO.C11H16N2O2.C7H14FNO/c1-3-5-9-13(7-4-2)16-14-10-6-8-12(15)11-14;1-8(15)6-13-11-5-3-2-4-9(11)10(12)7-14;1-9-4-2-7(8,6-10)3-5-9/h6,8,10-11,13H,3-5,7,9H2,1-2H3;7H,2-6,12H2,1H3;10H,2-6H2,1H3/b;10-9-,13-11?;. The molecule has 1 aliphatic carbocycles. The zero-order valence-corrected chi connectivity index (χ0v) is 26.2. The number of aliphatic hydroxyl groups is 1. The van der Waals surface area contributed by atoms with Gasteiger partial charge in [0, 0.05) is 23.8 Å². The van der Waals surface area contributed by atoms with Gasteiger partial charge in [-0.2, -0.15) is 0 Å². The van der Waals surface area contributed by atoms with E-state index in [2.05, 4.69) is 23.7 Å². The number of ketones is 1. The number of ether oxygens (including phenoxy) is 1. The molecule has 2 aliphatic rings. The fraction of sp³-hybridized carbons (Fsp3) is 0.656. The van der Waals surface area contributed by atoms with E-state index in [4.69, 9.17) is 27.2 Å². The van der Waals surface area contributed by atoms with Crippen LogP contribution in [0.4, 0.5) is 4.39 Å². The highest BCUT2D eigenvalue weighted by atomic mass is 35.5. The molecule has 1 saturated heterocycles. The maximum Gasteiger partial charge on any atom is 0.166 e. The Bertz CT molecular complexity index is 977. The lowest BCUT2D eigenvalue weighted by Crippen LogP contribution is -2.41. The number of piperidine rings is 1. The van der Waals surface area contributed by atoms with E-state index in [0.717, 1.165) is 80.1 Å². The lowest BCUT2D eigenvalue weighted by Gasteiger charge is -2.32. The summed E-state index contributed by atoms with van der Waals surface area (Å²) in [4.78, 5) is 27.7. The van der Waals surface area contributed by atoms with E-state index in [-0.39, 0.29) is 24.6 Å². The summed E-state index contributed by atoms with van der Waals surface area (Å²) in [6.45, 7) is 7.29. The summed E-state index contributed by atoms with van der Waals surface area (Å²) in [5, 5.41) is 9.38. The first kappa shape index (κ1) is 36.7. The maximum atomic E-state index is 13.2. The van der Waals surface area contributed by atoms with Crippen LogP contribution in [-0.4, -0.2) is 72.8 Å². The predicted molar refractivity (Wildman–Crippen MR) is 167 cm³/mol. The molecular weight excluding hydrogens is 545 g/mol. The molecule has 9 heteroatoms. The Labute approximate surface area is 251 Å². The third-order valence-corrected chi connectivity index (χ3v) is 7.40. The molecule has 1 aromatic rings. The minimum Gasteiger partial charge on any atom is -0.490 e. The summed E-state index contributed by atoms with van der Waals surface area (Å²) >= 11 is 5.93. The van der Waals surface area contributed by atoms with Gasteiger partial charge in [0.1, 0.15) is 11.4 Å². The molecule has 2 fully saturated rings. The molecule has 1 heterocycles. The van der Waals surface area contributed by atoms with Crippen LogP contribution >= 0.6 is 11.6 Å². The van der Waals surface area contributed by atoms with Crippen molar-refractivity contribution in [3.63, 3.8) is 0 Å². The van der Waals surface area contributed by atoms with Crippen LogP contribution in [-0.2, 0) is 9.59 Å². The number of unbranched alkanes of at least 4 members (excludes halogenated alkanes) is 1. The number of aliphatic hydroxyl groups excluding tert-OH is 1. The van der Waals surface area contributed by atoms with Gasteiger partial charge in [-0.05, 0) is 89.1 Å². The fourth-order valence-electron chi connectivity index (χ4n) is 4.58. The summed E-state index contributed by atoms with van der Waals surface area (Å²) in [6.07, 6.45) is 11.5. The predicted octanol–water partition coefficient (Wildman–Crippen LogP) is 6.49. The number of rotatable bonds is 11. The van der Waals surface area contributed by atoms with Gasteiger partial charge in [0.15, 0.2) is 12.1 Å². The van der Waals surface area contributed by atoms with E-state index >= 15 is 0 Å². The molecule has 0 bridgehead atoms. The van der Waals surface area contributed by atoms with Crippen LogP contribution in [0.5, 0.6) is 5.75 Å². The number of aldehydes is 1. The molecule has 0 radical (unpaired) electrons. The third kappa shape index (κ3) is 15.5. The van der Waals surface area contributed by atoms with Crippen molar-refractivity contribution in [3.8, 4) is 5.75 Å². The number of hydrogen-bond donors (Lipinski definition) is 2. The smallest absolute Gasteiger partial charge is 0.166 e. The molecule has 1 unspecified atom stereocenters. The number of hydrogen-bond acceptors (Lipinski definition) is 7. The van der Waals surface area contributed by atoms with Gasteiger partial charge in [0.25, 0.3) is 0 Å². The lowest BCUT2D eigenvalue weighted by atomic mass is 9.91. The van der Waals surface area contributed by atoms with Crippen LogP contribution in [0.25, 0.3) is 0 Å². The highest BCUT2D eigenvalue weighted by Crippen LogP contribution is 2.25. The van der Waals surface area contributed by atoms with Gasteiger partial charge in [-0.3, -0.25) is 14.6 Å². The van der Waals surface area contributed by atoms with Crippen molar-refractivity contribution >= 4 is 29.4 Å². The van der Waals surface area contributed by atoms with E-state index in [1.807, 2.05) is 31.3 Å². The van der Waals surface area contributed by atoms with Crippen LogP contribution in [0.15, 0.2) is 40.5 Å². The molecule has 0 spiro atoms. The molecule has 1 saturated carbocycles. The van der Waals surface area contributed by atoms with Crippen molar-refractivity contribution in [1.82, 2.24) is 4.90 Å².